The van der Waals surface area contributed by atoms with Crippen LogP contribution in [0.5, 0.6) is 11.5 Å². The fourth-order valence-corrected chi connectivity index (χ4v) is 6.83. The highest BCUT2D eigenvalue weighted by molar-refractivity contribution is 7.84. The van der Waals surface area contributed by atoms with Crippen LogP contribution < -0.4 is 15.8 Å². The van der Waals surface area contributed by atoms with E-state index in [1.54, 1.807) is 19.1 Å². The third kappa shape index (κ3) is 17.9. The molecule has 7 nitrogen and oxygen atoms in total. The first-order valence-corrected chi connectivity index (χ1v) is 20.0. The number of rotatable bonds is 23. The number of primary amides is 1. The van der Waals surface area contributed by atoms with Gasteiger partial charge in [0.2, 0.25) is 0 Å². The number of carbonyl (C=O) groups excluding carboxylic acids is 1. The number of halogens is 5. The molecule has 300 valence electrons. The third-order valence-electron chi connectivity index (χ3n) is 8.41. The fraction of sp³-hybridized carbons (Fsp3) is 0.488. The van der Waals surface area contributed by atoms with Crippen LogP contribution in [0.25, 0.3) is 11.1 Å². The molecule has 1 atom stereocenters. The van der Waals surface area contributed by atoms with E-state index in [0.717, 1.165) is 80.5 Å². The first kappa shape index (κ1) is 46.2. The lowest BCUT2D eigenvalue weighted by Gasteiger charge is -2.19. The molecule has 0 spiro atoms. The number of allylic oxidation sites excluding steroid dienone is 1. The van der Waals surface area contributed by atoms with Crippen molar-refractivity contribution in [2.24, 2.45) is 5.73 Å². The van der Waals surface area contributed by atoms with Gasteiger partial charge in [0, 0.05) is 35.3 Å². The van der Waals surface area contributed by atoms with Gasteiger partial charge in [0.1, 0.15) is 18.1 Å². The summed E-state index contributed by atoms with van der Waals surface area (Å²) >= 11 is 0. The molecule has 3 rings (SSSR count). The molecule has 0 fully saturated rings. The smallest absolute Gasteiger partial charge is 0.453 e. The van der Waals surface area contributed by atoms with Gasteiger partial charge in [-0.3, -0.25) is 4.21 Å². The van der Waals surface area contributed by atoms with Crippen LogP contribution in [0.2, 0.25) is 0 Å². The Balaban J connectivity index is 0.00000155. The summed E-state index contributed by atoms with van der Waals surface area (Å²) < 4.78 is 84.4. The molecular formula is C41H55F5N2O5S. The fourth-order valence-electron chi connectivity index (χ4n) is 5.63. The van der Waals surface area contributed by atoms with Gasteiger partial charge in [-0.15, -0.1) is 0 Å². The molecule has 0 saturated heterocycles. The van der Waals surface area contributed by atoms with Crippen LogP contribution in [0, 0.1) is 0 Å². The molecule has 13 heteroatoms. The van der Waals surface area contributed by atoms with E-state index in [1.165, 1.54) is 11.1 Å². The van der Waals surface area contributed by atoms with Crippen LogP contribution in [0.3, 0.4) is 0 Å². The summed E-state index contributed by atoms with van der Waals surface area (Å²) in [5.41, 5.74) is 10.2. The quantitative estimate of drug-likeness (QED) is 0.0502. The Bertz CT molecular complexity index is 1540. The highest BCUT2D eigenvalue weighted by Gasteiger charge is 2.56. The second kappa shape index (κ2) is 25.2. The SMILES string of the molecule is CCC(=C(c1ccc(O)cc1)c1ccc(OCCNCCCCCCCCCS(=O)CCCC(F)(F)C(F)(F)F)cc1)c1ccccc1.CCOC(N)=O. The lowest BCUT2D eigenvalue weighted by Crippen LogP contribution is -2.36. The standard InChI is InChI=1S/C38H48F5NO3S.C3H7NO2/c1-2-35(30-14-9-8-10-15-30)36(31-16-20-33(45)21-17-31)32-18-22-34(23-19-32)47-27-26-44-25-11-6-4-3-5-7-12-28-48(46)29-13-24-37(39,40)38(41,42)43;1-2-6-3(4)5/h8-10,14-23,44-45H,2-7,11-13,24-29H2,1H3;2H2,1H3,(H2,4,5). The molecule has 0 heterocycles. The summed E-state index contributed by atoms with van der Waals surface area (Å²) in [6, 6.07) is 25.8. The van der Waals surface area contributed by atoms with E-state index in [1.807, 2.05) is 42.5 Å². The zero-order valence-corrected chi connectivity index (χ0v) is 32.1. The van der Waals surface area contributed by atoms with Crippen LogP contribution in [0.1, 0.15) is 94.7 Å². The molecule has 0 bridgehead atoms. The van der Waals surface area contributed by atoms with Gasteiger partial charge in [0.05, 0.1) is 6.61 Å². The maximum absolute atomic E-state index is 12.9. The Labute approximate surface area is 319 Å². The normalized spacial score (nSPS) is 12.6. The van der Waals surface area contributed by atoms with Gasteiger partial charge in [-0.1, -0.05) is 93.6 Å². The minimum absolute atomic E-state index is 0.120. The monoisotopic (exact) mass is 782 g/mol. The number of carbonyl (C=O) groups is 1. The number of amides is 1. The zero-order valence-electron chi connectivity index (χ0n) is 31.3. The van der Waals surface area contributed by atoms with Gasteiger partial charge >= 0.3 is 18.2 Å². The van der Waals surface area contributed by atoms with E-state index in [2.05, 4.69) is 47.0 Å². The summed E-state index contributed by atoms with van der Waals surface area (Å²) in [4.78, 5) is 9.60. The van der Waals surface area contributed by atoms with Crippen molar-refractivity contribution in [3.8, 4) is 11.5 Å². The third-order valence-corrected chi connectivity index (χ3v) is 9.90. The Hall–Kier alpha value is -3.97. The van der Waals surface area contributed by atoms with E-state index in [4.69, 9.17) is 4.74 Å². The highest BCUT2D eigenvalue weighted by Crippen LogP contribution is 2.39. The topological polar surface area (TPSA) is 111 Å². The van der Waals surface area contributed by atoms with Gasteiger partial charge < -0.3 is 25.6 Å². The van der Waals surface area contributed by atoms with E-state index in [0.29, 0.717) is 25.4 Å². The van der Waals surface area contributed by atoms with Crippen molar-refractivity contribution < 1.29 is 45.5 Å². The number of alkyl halides is 5. The van der Waals surface area contributed by atoms with E-state index >= 15 is 0 Å². The van der Waals surface area contributed by atoms with Gasteiger partial charge in [0.15, 0.2) is 0 Å². The minimum Gasteiger partial charge on any atom is -0.508 e. The first-order chi connectivity index (χ1) is 25.8. The predicted molar refractivity (Wildman–Crippen MR) is 207 cm³/mol. The summed E-state index contributed by atoms with van der Waals surface area (Å²) in [5.74, 6) is -3.45. The van der Waals surface area contributed by atoms with Crippen LogP contribution in [-0.4, -0.2) is 65.3 Å². The Morgan fingerprint density at radius 1 is 0.741 bits per heavy atom. The number of nitrogens with one attached hydrogen (secondary N) is 1. The summed E-state index contributed by atoms with van der Waals surface area (Å²) in [5, 5.41) is 13.3. The van der Waals surface area contributed by atoms with E-state index in [9.17, 15) is 36.1 Å². The predicted octanol–water partition coefficient (Wildman–Crippen LogP) is 10.3. The molecule has 0 radical (unpaired) electrons. The van der Waals surface area contributed by atoms with Crippen molar-refractivity contribution in [1.82, 2.24) is 5.32 Å². The highest BCUT2D eigenvalue weighted by atomic mass is 32.2. The summed E-state index contributed by atoms with van der Waals surface area (Å²) in [6.07, 6.45) is -0.274. The second-order valence-electron chi connectivity index (χ2n) is 12.6. The maximum Gasteiger partial charge on any atom is 0.453 e. The summed E-state index contributed by atoms with van der Waals surface area (Å²) in [6.45, 7) is 6.39. The van der Waals surface area contributed by atoms with Crippen molar-refractivity contribution in [3.05, 3.63) is 95.6 Å². The van der Waals surface area contributed by atoms with Crippen LogP contribution >= 0.6 is 0 Å². The molecule has 1 amide bonds. The molecule has 4 N–H and O–H groups in total. The number of nitrogens with two attached hydrogens (primary N) is 1. The van der Waals surface area contributed by atoms with Crippen LogP contribution in [-0.2, 0) is 15.5 Å². The van der Waals surface area contributed by atoms with Crippen molar-refractivity contribution in [2.45, 2.75) is 90.2 Å². The van der Waals surface area contributed by atoms with Crippen LogP contribution in [0.4, 0.5) is 26.7 Å². The summed E-state index contributed by atoms with van der Waals surface area (Å²) in [7, 11) is -1.36. The average Bonchev–Trinajstić information content (AvgIpc) is 3.13. The van der Waals surface area contributed by atoms with Gasteiger partial charge in [0.25, 0.3) is 0 Å². The van der Waals surface area contributed by atoms with Gasteiger partial charge in [-0.05, 0) is 91.3 Å². The van der Waals surface area contributed by atoms with E-state index in [-0.39, 0.29) is 11.5 Å². The minimum atomic E-state index is -5.55. The Kier molecular flexibility index (Phi) is 21.5. The number of phenols is 1. The Morgan fingerprint density at radius 2 is 1.30 bits per heavy atom. The van der Waals surface area contributed by atoms with E-state index < -0.39 is 41.8 Å². The second-order valence-corrected chi connectivity index (χ2v) is 14.3. The Morgan fingerprint density at radius 3 is 1.83 bits per heavy atom. The van der Waals surface area contributed by atoms with Crippen molar-refractivity contribution >= 4 is 28.0 Å². The zero-order chi connectivity index (χ0) is 39.8. The van der Waals surface area contributed by atoms with Crippen molar-refractivity contribution in [1.29, 1.82) is 0 Å². The number of unbranched alkanes of at least 4 members (excludes halogenated alkanes) is 6. The van der Waals surface area contributed by atoms with Crippen molar-refractivity contribution in [2.75, 3.05) is 37.8 Å². The maximum atomic E-state index is 12.9. The molecule has 0 saturated carbocycles. The molecule has 0 aliphatic heterocycles. The molecule has 54 heavy (non-hydrogen) atoms. The number of phenolic OH excluding ortho intramolecular Hbond substituents is 1. The number of benzene rings is 3. The van der Waals surface area contributed by atoms with Gasteiger partial charge in [-0.25, -0.2) is 4.79 Å². The molecular weight excluding hydrogens is 728 g/mol. The molecule has 3 aromatic rings. The molecule has 0 aliphatic rings. The molecule has 0 aliphatic carbocycles. The lowest BCUT2D eigenvalue weighted by atomic mass is 9.88. The first-order valence-electron chi connectivity index (χ1n) is 18.5. The number of aromatic hydroxyl groups is 1. The lowest BCUT2D eigenvalue weighted by molar-refractivity contribution is -0.284. The van der Waals surface area contributed by atoms with Crippen LogP contribution in [0.15, 0.2) is 78.9 Å². The number of ether oxygens (including phenoxy) is 2. The molecule has 0 aromatic heterocycles. The number of hydrogen-bond donors (Lipinski definition) is 3. The van der Waals surface area contributed by atoms with Crippen molar-refractivity contribution in [3.63, 3.8) is 0 Å². The number of hydrogen-bond acceptors (Lipinski definition) is 6. The van der Waals surface area contributed by atoms with Gasteiger partial charge in [-0.2, -0.15) is 22.0 Å². The largest absolute Gasteiger partial charge is 0.508 e. The molecule has 1 unspecified atom stereocenters. The molecule has 3 aromatic carbocycles. The average molecular weight is 783 g/mol.